The molecule has 0 spiro atoms. The number of aromatic nitrogens is 3. The van der Waals surface area contributed by atoms with E-state index in [-0.39, 0.29) is 5.82 Å². The SMILES string of the molecule is Fc1ccccc1N1CCN(c2ncnc3onc(-c4ccc(Cl)cc4)c23)CC1. The Labute approximate surface area is 171 Å². The van der Waals surface area contributed by atoms with Crippen molar-refractivity contribution < 1.29 is 8.91 Å². The van der Waals surface area contributed by atoms with Gasteiger partial charge < -0.3 is 14.3 Å². The van der Waals surface area contributed by atoms with Crippen LogP contribution in [0.2, 0.25) is 5.02 Å². The smallest absolute Gasteiger partial charge is 0.263 e. The molecule has 5 rings (SSSR count). The minimum absolute atomic E-state index is 0.200. The molecule has 0 amide bonds. The maximum absolute atomic E-state index is 14.1. The zero-order valence-corrected chi connectivity index (χ0v) is 16.2. The molecule has 0 N–H and O–H groups in total. The average Bonchev–Trinajstić information content (AvgIpc) is 3.19. The molecule has 0 radical (unpaired) electrons. The number of nitrogens with zero attached hydrogens (tertiary/aromatic N) is 5. The van der Waals surface area contributed by atoms with Crippen LogP contribution in [0.5, 0.6) is 0 Å². The van der Waals surface area contributed by atoms with E-state index in [0.29, 0.717) is 48.3 Å². The van der Waals surface area contributed by atoms with Gasteiger partial charge in [0.05, 0.1) is 5.69 Å². The summed E-state index contributed by atoms with van der Waals surface area (Å²) in [4.78, 5) is 13.0. The van der Waals surface area contributed by atoms with Crippen molar-refractivity contribution in [3.8, 4) is 11.3 Å². The summed E-state index contributed by atoms with van der Waals surface area (Å²) in [5, 5.41) is 5.64. The van der Waals surface area contributed by atoms with Crippen LogP contribution in [-0.4, -0.2) is 41.3 Å². The summed E-state index contributed by atoms with van der Waals surface area (Å²) in [6.45, 7) is 2.78. The number of piperazine rings is 1. The summed E-state index contributed by atoms with van der Waals surface area (Å²) in [5.74, 6) is 0.573. The Kier molecular flexibility index (Phi) is 4.52. The number of hydrogen-bond acceptors (Lipinski definition) is 6. The monoisotopic (exact) mass is 409 g/mol. The van der Waals surface area contributed by atoms with Crippen molar-refractivity contribution in [1.82, 2.24) is 15.1 Å². The van der Waals surface area contributed by atoms with Gasteiger partial charge in [0.1, 0.15) is 29.0 Å². The third kappa shape index (κ3) is 3.27. The van der Waals surface area contributed by atoms with Crippen molar-refractivity contribution in [1.29, 1.82) is 0 Å². The first kappa shape index (κ1) is 17.9. The van der Waals surface area contributed by atoms with Crippen LogP contribution < -0.4 is 9.80 Å². The van der Waals surface area contributed by atoms with E-state index in [1.54, 1.807) is 6.07 Å². The molecule has 1 fully saturated rings. The van der Waals surface area contributed by atoms with E-state index in [4.69, 9.17) is 16.1 Å². The molecule has 0 saturated carbocycles. The van der Waals surface area contributed by atoms with Gasteiger partial charge >= 0.3 is 0 Å². The van der Waals surface area contributed by atoms with Gasteiger partial charge in [-0.3, -0.25) is 0 Å². The average molecular weight is 410 g/mol. The van der Waals surface area contributed by atoms with Crippen LogP contribution in [0.25, 0.3) is 22.4 Å². The fourth-order valence-corrected chi connectivity index (χ4v) is 3.81. The van der Waals surface area contributed by atoms with E-state index in [9.17, 15) is 4.39 Å². The highest BCUT2D eigenvalue weighted by atomic mass is 35.5. The van der Waals surface area contributed by atoms with Crippen LogP contribution in [0.4, 0.5) is 15.9 Å². The number of halogens is 2. The predicted molar refractivity (Wildman–Crippen MR) is 111 cm³/mol. The lowest BCUT2D eigenvalue weighted by atomic mass is 10.1. The molecule has 6 nitrogen and oxygen atoms in total. The summed E-state index contributed by atoms with van der Waals surface area (Å²) in [7, 11) is 0. The van der Waals surface area contributed by atoms with Crippen LogP contribution in [0.15, 0.2) is 59.4 Å². The lowest BCUT2D eigenvalue weighted by Crippen LogP contribution is -2.47. The topological polar surface area (TPSA) is 58.3 Å². The number of benzene rings is 2. The number of fused-ring (bicyclic) bond motifs is 1. The van der Waals surface area contributed by atoms with Crippen molar-refractivity contribution in [2.45, 2.75) is 0 Å². The Bertz CT molecular complexity index is 1160. The highest BCUT2D eigenvalue weighted by Gasteiger charge is 2.25. The van der Waals surface area contributed by atoms with Crippen molar-refractivity contribution >= 4 is 34.2 Å². The Balaban J connectivity index is 1.46. The molecular weight excluding hydrogens is 393 g/mol. The first-order chi connectivity index (χ1) is 14.2. The normalized spacial score (nSPS) is 14.6. The lowest BCUT2D eigenvalue weighted by molar-refractivity contribution is 0.451. The van der Waals surface area contributed by atoms with Crippen molar-refractivity contribution in [2.75, 3.05) is 36.0 Å². The van der Waals surface area contributed by atoms with Crippen molar-refractivity contribution in [2.24, 2.45) is 0 Å². The molecule has 2 aromatic heterocycles. The van der Waals surface area contributed by atoms with Gasteiger partial charge in [-0.05, 0) is 24.3 Å². The second kappa shape index (κ2) is 7.33. The van der Waals surface area contributed by atoms with Gasteiger partial charge in [0, 0.05) is 36.8 Å². The molecule has 0 atom stereocenters. The van der Waals surface area contributed by atoms with Gasteiger partial charge in [-0.25, -0.2) is 9.37 Å². The summed E-state index contributed by atoms with van der Waals surface area (Å²) < 4.78 is 19.6. The van der Waals surface area contributed by atoms with Gasteiger partial charge in [-0.1, -0.05) is 41.0 Å². The van der Waals surface area contributed by atoms with Crippen LogP contribution in [0, 0.1) is 5.82 Å². The molecule has 0 aliphatic carbocycles. The van der Waals surface area contributed by atoms with Gasteiger partial charge in [-0.2, -0.15) is 4.98 Å². The van der Waals surface area contributed by atoms with Crippen LogP contribution in [-0.2, 0) is 0 Å². The zero-order valence-electron chi connectivity index (χ0n) is 15.4. The van der Waals surface area contributed by atoms with E-state index >= 15 is 0 Å². The quantitative estimate of drug-likeness (QED) is 0.499. The fraction of sp³-hybridized carbons (Fsp3) is 0.190. The summed E-state index contributed by atoms with van der Waals surface area (Å²) >= 11 is 6.01. The fourth-order valence-electron chi connectivity index (χ4n) is 3.68. The maximum atomic E-state index is 14.1. The maximum Gasteiger partial charge on any atom is 0.263 e. The third-order valence-corrected chi connectivity index (χ3v) is 5.39. The Morgan fingerprint density at radius 2 is 1.62 bits per heavy atom. The molecule has 0 unspecified atom stereocenters. The number of anilines is 2. The van der Waals surface area contributed by atoms with Crippen LogP contribution in [0.1, 0.15) is 0 Å². The summed E-state index contributed by atoms with van der Waals surface area (Å²) in [6, 6.07) is 14.3. The van der Waals surface area contributed by atoms with Crippen LogP contribution >= 0.6 is 11.6 Å². The minimum Gasteiger partial charge on any atom is -0.366 e. The van der Waals surface area contributed by atoms with E-state index in [1.165, 1.54) is 12.4 Å². The first-order valence-corrected chi connectivity index (χ1v) is 9.69. The molecule has 0 bridgehead atoms. The van der Waals surface area contributed by atoms with E-state index in [0.717, 1.165) is 16.8 Å². The van der Waals surface area contributed by atoms with E-state index in [1.807, 2.05) is 36.4 Å². The molecule has 2 aromatic carbocycles. The van der Waals surface area contributed by atoms with Gasteiger partial charge in [0.2, 0.25) is 0 Å². The second-order valence-electron chi connectivity index (χ2n) is 6.84. The van der Waals surface area contributed by atoms with Gasteiger partial charge in [0.25, 0.3) is 5.71 Å². The number of rotatable bonds is 3. The molecule has 29 heavy (non-hydrogen) atoms. The van der Waals surface area contributed by atoms with Crippen molar-refractivity contribution in [3.63, 3.8) is 0 Å². The third-order valence-electron chi connectivity index (χ3n) is 5.14. The van der Waals surface area contributed by atoms with Crippen molar-refractivity contribution in [3.05, 3.63) is 65.7 Å². The highest BCUT2D eigenvalue weighted by Crippen LogP contribution is 2.34. The molecule has 4 aromatic rings. The standard InChI is InChI=1S/C21H17ClFN5O/c22-15-7-5-14(6-8-15)19-18-20(24-13-25-21(18)29-26-19)28-11-9-27(10-12-28)17-4-2-1-3-16(17)23/h1-8,13H,9-12H2. The minimum atomic E-state index is -0.200. The number of hydrogen-bond donors (Lipinski definition) is 0. The van der Waals surface area contributed by atoms with Gasteiger partial charge in [-0.15, -0.1) is 0 Å². The molecule has 1 saturated heterocycles. The lowest BCUT2D eigenvalue weighted by Gasteiger charge is -2.36. The molecular formula is C21H17ClFN5O. The summed E-state index contributed by atoms with van der Waals surface area (Å²) in [6.07, 6.45) is 1.48. The summed E-state index contributed by atoms with van der Waals surface area (Å²) in [5.41, 5.74) is 2.64. The molecule has 146 valence electrons. The predicted octanol–water partition coefficient (Wildman–Crippen LogP) is 4.40. The van der Waals surface area contributed by atoms with Gasteiger partial charge in [0.15, 0.2) is 0 Å². The molecule has 3 heterocycles. The second-order valence-corrected chi connectivity index (χ2v) is 7.28. The Morgan fingerprint density at radius 3 is 2.38 bits per heavy atom. The Morgan fingerprint density at radius 1 is 0.897 bits per heavy atom. The highest BCUT2D eigenvalue weighted by molar-refractivity contribution is 6.30. The number of para-hydroxylation sites is 1. The zero-order chi connectivity index (χ0) is 19.8. The van der Waals surface area contributed by atoms with E-state index in [2.05, 4.69) is 24.9 Å². The molecule has 1 aliphatic rings. The van der Waals surface area contributed by atoms with Crippen LogP contribution in [0.3, 0.4) is 0 Å². The van der Waals surface area contributed by atoms with E-state index < -0.39 is 0 Å². The molecule has 1 aliphatic heterocycles. The first-order valence-electron chi connectivity index (χ1n) is 9.31. The Hall–Kier alpha value is -3.19. The largest absolute Gasteiger partial charge is 0.366 e. The molecule has 8 heteroatoms.